The van der Waals surface area contributed by atoms with Gasteiger partial charge in [0.05, 0.1) is 0 Å². The van der Waals surface area contributed by atoms with Crippen LogP contribution in [0.15, 0.2) is 0 Å². The molecule has 0 aliphatic carbocycles. The SMILES string of the molecule is CCC(=O)OC(C)(C)OC(=O)NC[C@H](CC(=O)O)CC(C)C. The average molecular weight is 317 g/mol. The number of hydrogen-bond acceptors (Lipinski definition) is 5. The Hall–Kier alpha value is -1.79. The summed E-state index contributed by atoms with van der Waals surface area (Å²) in [7, 11) is 0. The Bertz CT molecular complexity index is 391. The van der Waals surface area contributed by atoms with Gasteiger partial charge in [0.2, 0.25) is 0 Å². The monoisotopic (exact) mass is 317 g/mol. The number of ether oxygens (including phenoxy) is 2. The molecule has 7 nitrogen and oxygen atoms in total. The normalized spacial score (nSPS) is 12.6. The first-order chi connectivity index (χ1) is 10.1. The van der Waals surface area contributed by atoms with E-state index in [0.717, 1.165) is 0 Å². The number of alkyl carbamates (subject to hydrolysis) is 1. The van der Waals surface area contributed by atoms with E-state index in [1.165, 1.54) is 13.8 Å². The van der Waals surface area contributed by atoms with E-state index in [9.17, 15) is 14.4 Å². The van der Waals surface area contributed by atoms with Gasteiger partial charge in [-0.2, -0.15) is 0 Å². The van der Waals surface area contributed by atoms with Crippen molar-refractivity contribution in [3.8, 4) is 0 Å². The van der Waals surface area contributed by atoms with Crippen LogP contribution in [0, 0.1) is 11.8 Å². The molecule has 0 spiro atoms. The first-order valence-electron chi connectivity index (χ1n) is 7.46. The zero-order valence-corrected chi connectivity index (χ0v) is 14.0. The number of carbonyl (C=O) groups excluding carboxylic acids is 2. The molecule has 0 aliphatic rings. The molecule has 0 aromatic rings. The minimum absolute atomic E-state index is 0.0212. The summed E-state index contributed by atoms with van der Waals surface area (Å²) >= 11 is 0. The summed E-state index contributed by atoms with van der Waals surface area (Å²) in [6.45, 7) is 8.73. The predicted octanol–water partition coefficient (Wildman–Crippen LogP) is 2.54. The van der Waals surface area contributed by atoms with Crippen molar-refractivity contribution in [1.29, 1.82) is 0 Å². The van der Waals surface area contributed by atoms with Crippen molar-refractivity contribution in [3.63, 3.8) is 0 Å². The lowest BCUT2D eigenvalue weighted by Crippen LogP contribution is -2.40. The van der Waals surface area contributed by atoms with Gasteiger partial charge in [-0.25, -0.2) is 4.79 Å². The Kier molecular flexibility index (Phi) is 8.52. The third-order valence-electron chi connectivity index (χ3n) is 2.79. The number of nitrogens with one attached hydrogen (secondary N) is 1. The van der Waals surface area contributed by atoms with Gasteiger partial charge in [-0.3, -0.25) is 9.59 Å². The maximum Gasteiger partial charge on any atom is 0.410 e. The third-order valence-corrected chi connectivity index (χ3v) is 2.79. The van der Waals surface area contributed by atoms with Crippen LogP contribution in [0.1, 0.15) is 53.9 Å². The van der Waals surface area contributed by atoms with Gasteiger partial charge >= 0.3 is 18.0 Å². The Morgan fingerprint density at radius 3 is 2.23 bits per heavy atom. The number of amides is 1. The van der Waals surface area contributed by atoms with Crippen LogP contribution in [-0.4, -0.2) is 35.5 Å². The topological polar surface area (TPSA) is 102 Å². The van der Waals surface area contributed by atoms with Crippen molar-refractivity contribution in [2.24, 2.45) is 11.8 Å². The number of rotatable bonds is 9. The summed E-state index contributed by atoms with van der Waals surface area (Å²) in [6.07, 6.45) is 0.102. The van der Waals surface area contributed by atoms with Crippen LogP contribution in [0.5, 0.6) is 0 Å². The molecule has 22 heavy (non-hydrogen) atoms. The quantitative estimate of drug-likeness (QED) is 0.500. The minimum atomic E-state index is -1.36. The van der Waals surface area contributed by atoms with Crippen molar-refractivity contribution < 1.29 is 29.0 Å². The molecule has 0 saturated carbocycles. The number of carboxylic acids is 1. The number of carboxylic acid groups (broad SMARTS) is 1. The largest absolute Gasteiger partial charge is 0.481 e. The van der Waals surface area contributed by atoms with Crippen molar-refractivity contribution in [1.82, 2.24) is 5.32 Å². The summed E-state index contributed by atoms with van der Waals surface area (Å²) in [5.74, 6) is -2.59. The van der Waals surface area contributed by atoms with Gasteiger partial charge < -0.3 is 19.9 Å². The van der Waals surface area contributed by atoms with Gasteiger partial charge in [0.15, 0.2) is 0 Å². The summed E-state index contributed by atoms with van der Waals surface area (Å²) in [4.78, 5) is 33.8. The number of aliphatic carboxylic acids is 1. The number of esters is 1. The van der Waals surface area contributed by atoms with E-state index in [2.05, 4.69) is 5.32 Å². The fourth-order valence-corrected chi connectivity index (χ4v) is 2.01. The summed E-state index contributed by atoms with van der Waals surface area (Å²) in [5.41, 5.74) is 0. The molecule has 0 fully saturated rings. The first kappa shape index (κ1) is 20.2. The Balaban J connectivity index is 4.38. The molecule has 0 aliphatic heterocycles. The zero-order valence-electron chi connectivity index (χ0n) is 14.0. The van der Waals surface area contributed by atoms with E-state index in [0.29, 0.717) is 12.3 Å². The van der Waals surface area contributed by atoms with Crippen LogP contribution in [0.3, 0.4) is 0 Å². The molecule has 0 saturated heterocycles. The predicted molar refractivity (Wildman–Crippen MR) is 80.1 cm³/mol. The summed E-state index contributed by atoms with van der Waals surface area (Å²) in [5, 5.41) is 11.4. The Labute approximate surface area is 131 Å². The van der Waals surface area contributed by atoms with E-state index in [4.69, 9.17) is 14.6 Å². The second-order valence-corrected chi connectivity index (χ2v) is 6.09. The smallest absolute Gasteiger partial charge is 0.410 e. The van der Waals surface area contributed by atoms with Crippen LogP contribution >= 0.6 is 0 Å². The van der Waals surface area contributed by atoms with Crippen molar-refractivity contribution in [2.45, 2.75) is 59.7 Å². The van der Waals surface area contributed by atoms with Gasteiger partial charge in [0.25, 0.3) is 5.79 Å². The van der Waals surface area contributed by atoms with Gasteiger partial charge in [-0.1, -0.05) is 20.8 Å². The zero-order chi connectivity index (χ0) is 17.3. The van der Waals surface area contributed by atoms with Crippen LogP contribution in [0.2, 0.25) is 0 Å². The molecule has 7 heteroatoms. The van der Waals surface area contributed by atoms with Crippen LogP contribution in [0.4, 0.5) is 4.79 Å². The summed E-state index contributed by atoms with van der Waals surface area (Å²) < 4.78 is 10.0. The number of carbonyl (C=O) groups is 3. The highest BCUT2D eigenvalue weighted by atomic mass is 16.7. The second-order valence-electron chi connectivity index (χ2n) is 6.09. The molecule has 0 bridgehead atoms. The van der Waals surface area contributed by atoms with Gasteiger partial charge in [-0.05, 0) is 18.3 Å². The van der Waals surface area contributed by atoms with Crippen LogP contribution in [0.25, 0.3) is 0 Å². The van der Waals surface area contributed by atoms with Gasteiger partial charge in [0.1, 0.15) is 0 Å². The molecule has 128 valence electrons. The van der Waals surface area contributed by atoms with E-state index in [-0.39, 0.29) is 25.3 Å². The highest BCUT2D eigenvalue weighted by molar-refractivity contribution is 5.71. The van der Waals surface area contributed by atoms with Gasteiger partial charge in [0, 0.05) is 33.2 Å². The second kappa shape index (κ2) is 9.27. The van der Waals surface area contributed by atoms with Crippen LogP contribution in [-0.2, 0) is 19.1 Å². The van der Waals surface area contributed by atoms with E-state index < -0.39 is 23.8 Å². The molecule has 0 heterocycles. The highest BCUT2D eigenvalue weighted by Gasteiger charge is 2.27. The van der Waals surface area contributed by atoms with Crippen molar-refractivity contribution in [2.75, 3.05) is 6.54 Å². The third kappa shape index (κ3) is 10.0. The maximum absolute atomic E-state index is 11.7. The lowest BCUT2D eigenvalue weighted by molar-refractivity contribution is -0.194. The van der Waals surface area contributed by atoms with Crippen LogP contribution < -0.4 is 5.32 Å². The molecule has 0 rings (SSSR count). The molecule has 1 atom stereocenters. The van der Waals surface area contributed by atoms with E-state index in [1.807, 2.05) is 13.8 Å². The number of hydrogen-bond donors (Lipinski definition) is 2. The molecule has 0 unspecified atom stereocenters. The molecular formula is C15H27NO6. The fraction of sp³-hybridized carbons (Fsp3) is 0.800. The first-order valence-corrected chi connectivity index (χ1v) is 7.46. The molecule has 0 radical (unpaired) electrons. The minimum Gasteiger partial charge on any atom is -0.481 e. The Morgan fingerprint density at radius 2 is 1.77 bits per heavy atom. The average Bonchev–Trinajstić information content (AvgIpc) is 2.33. The van der Waals surface area contributed by atoms with E-state index >= 15 is 0 Å². The summed E-state index contributed by atoms with van der Waals surface area (Å²) in [6, 6.07) is 0. The van der Waals surface area contributed by atoms with Crippen molar-refractivity contribution in [3.05, 3.63) is 0 Å². The lowest BCUT2D eigenvalue weighted by Gasteiger charge is -2.25. The van der Waals surface area contributed by atoms with Gasteiger partial charge in [-0.15, -0.1) is 0 Å². The van der Waals surface area contributed by atoms with Crippen molar-refractivity contribution >= 4 is 18.0 Å². The molecule has 0 aromatic heterocycles. The standard InChI is InChI=1S/C15H27NO6/c1-6-13(19)21-15(4,5)22-14(20)16-9-11(7-10(2)3)8-12(17)18/h10-11H,6-9H2,1-5H3,(H,16,20)(H,17,18)/t11-/m0/s1. The molecular weight excluding hydrogens is 290 g/mol. The molecule has 2 N–H and O–H groups in total. The highest BCUT2D eigenvalue weighted by Crippen LogP contribution is 2.16. The fourth-order valence-electron chi connectivity index (χ4n) is 2.01. The van der Waals surface area contributed by atoms with E-state index in [1.54, 1.807) is 6.92 Å². The lowest BCUT2D eigenvalue weighted by atomic mass is 9.94. The Morgan fingerprint density at radius 1 is 1.18 bits per heavy atom. The molecule has 1 amide bonds. The molecule has 0 aromatic carbocycles. The maximum atomic E-state index is 11.7.